The van der Waals surface area contributed by atoms with Crippen LogP contribution in [0, 0.1) is 0 Å². The van der Waals surface area contributed by atoms with Crippen molar-refractivity contribution in [3.8, 4) is 0 Å². The average Bonchev–Trinajstić information content (AvgIpc) is 2.70. The molecule has 0 aromatic carbocycles. The SMILES string of the molecule is CCP(CC)CCP(CC)CC.CCP(CC)CCP(CC)CC.[Cl][Cr][Cl]. The van der Waals surface area contributed by atoms with E-state index in [2.05, 4.69) is 55.4 Å². The van der Waals surface area contributed by atoms with Crippen LogP contribution in [0.15, 0.2) is 0 Å². The fourth-order valence-electron chi connectivity index (χ4n) is 2.73. The van der Waals surface area contributed by atoms with Crippen molar-refractivity contribution >= 4 is 51.8 Å². The van der Waals surface area contributed by atoms with Crippen LogP contribution < -0.4 is 0 Å². The summed E-state index contributed by atoms with van der Waals surface area (Å²) in [7, 11) is 11.3. The van der Waals surface area contributed by atoms with Gasteiger partial charge in [-0.05, 0) is 73.9 Å². The Morgan fingerprint density at radius 1 is 0.407 bits per heavy atom. The molecule has 168 valence electrons. The average molecular weight is 535 g/mol. The van der Waals surface area contributed by atoms with Gasteiger partial charge in [0.15, 0.2) is 0 Å². The molecule has 7 heteroatoms. The molecule has 0 aliphatic rings. The molecule has 0 heterocycles. The monoisotopic (exact) mass is 534 g/mol. The second-order valence-electron chi connectivity index (χ2n) is 6.17. The van der Waals surface area contributed by atoms with Crippen LogP contribution in [0.2, 0.25) is 0 Å². The van der Waals surface area contributed by atoms with Crippen LogP contribution in [0.3, 0.4) is 0 Å². The van der Waals surface area contributed by atoms with E-state index in [1.165, 1.54) is 49.3 Å². The van der Waals surface area contributed by atoms with Crippen LogP contribution in [0.5, 0.6) is 0 Å². The molecule has 0 saturated heterocycles. The fraction of sp³-hybridized carbons (Fsp3) is 1.00. The van der Waals surface area contributed by atoms with Gasteiger partial charge in [-0.3, -0.25) is 0 Å². The molecule has 0 aromatic heterocycles. The Bertz CT molecular complexity index is 200. The van der Waals surface area contributed by atoms with Gasteiger partial charge in [0.25, 0.3) is 0 Å². The standard InChI is InChI=1S/2C10H24P2.2ClH.Cr/c2*1-5-11(6-2)9-10-12(7-3)8-4;;;/h2*5-10H2,1-4H3;2*1H;/q;;;;+2/p-2. The molecule has 0 aliphatic heterocycles. The van der Waals surface area contributed by atoms with E-state index in [0.717, 1.165) is 0 Å². The third-order valence-corrected chi connectivity index (χ3v) is 16.3. The molecule has 0 saturated carbocycles. The second-order valence-corrected chi connectivity index (χ2v) is 20.5. The van der Waals surface area contributed by atoms with Crippen molar-refractivity contribution in [2.45, 2.75) is 55.4 Å². The van der Waals surface area contributed by atoms with Gasteiger partial charge in [-0.25, -0.2) is 0 Å². The topological polar surface area (TPSA) is 0 Å². The van der Waals surface area contributed by atoms with E-state index in [1.807, 2.05) is 0 Å². The first kappa shape index (κ1) is 34.4. The molecule has 0 bridgehead atoms. The Morgan fingerprint density at radius 3 is 0.593 bits per heavy atom. The first-order valence-corrected chi connectivity index (χ1v) is 21.9. The van der Waals surface area contributed by atoms with E-state index < -0.39 is 0 Å². The van der Waals surface area contributed by atoms with E-state index >= 15 is 0 Å². The molecule has 0 radical (unpaired) electrons. The normalized spacial score (nSPS) is 10.9. The molecule has 0 atom stereocenters. The van der Waals surface area contributed by atoms with Gasteiger partial charge < -0.3 is 0 Å². The van der Waals surface area contributed by atoms with Gasteiger partial charge in [0.1, 0.15) is 0 Å². The summed E-state index contributed by atoms with van der Waals surface area (Å²) >= 11 is -0.181. The summed E-state index contributed by atoms with van der Waals surface area (Å²) in [6.45, 7) is 18.9. The number of hydrogen-bond acceptors (Lipinski definition) is 0. The first-order chi connectivity index (χ1) is 13.0. The van der Waals surface area contributed by atoms with Gasteiger partial charge in [0, 0.05) is 0 Å². The van der Waals surface area contributed by atoms with Gasteiger partial charge in [-0.15, -0.1) is 31.7 Å². The molecule has 27 heavy (non-hydrogen) atoms. The molecular formula is C20H48Cl2CrP4. The van der Waals surface area contributed by atoms with Gasteiger partial charge >= 0.3 is 33.5 Å². The Morgan fingerprint density at radius 2 is 0.519 bits per heavy atom. The molecule has 0 nitrogen and oxygen atoms in total. The zero-order valence-corrected chi connectivity index (χ0v) is 25.8. The first-order valence-electron chi connectivity index (χ1n) is 10.8. The quantitative estimate of drug-likeness (QED) is 0.195. The molecule has 0 rings (SSSR count). The van der Waals surface area contributed by atoms with Crippen molar-refractivity contribution < 1.29 is 13.4 Å². The minimum absolute atomic E-state index is 0.181. The van der Waals surface area contributed by atoms with Gasteiger partial charge in [0.05, 0.1) is 0 Å². The summed E-state index contributed by atoms with van der Waals surface area (Å²) in [6.07, 6.45) is 17.8. The van der Waals surface area contributed by atoms with Crippen LogP contribution in [0.4, 0.5) is 0 Å². The molecule has 0 amide bonds. The summed E-state index contributed by atoms with van der Waals surface area (Å²) in [5.74, 6) is 0. The van der Waals surface area contributed by atoms with Crippen LogP contribution in [-0.4, -0.2) is 73.9 Å². The Balaban J connectivity index is -0.000000372. The van der Waals surface area contributed by atoms with Gasteiger partial charge in [-0.2, -0.15) is 0 Å². The van der Waals surface area contributed by atoms with E-state index in [0.29, 0.717) is 31.7 Å². The van der Waals surface area contributed by atoms with Crippen molar-refractivity contribution in [1.82, 2.24) is 0 Å². The maximum absolute atomic E-state index is 4.83. The van der Waals surface area contributed by atoms with Crippen molar-refractivity contribution in [3.05, 3.63) is 0 Å². The van der Waals surface area contributed by atoms with Crippen molar-refractivity contribution in [1.29, 1.82) is 0 Å². The summed E-state index contributed by atoms with van der Waals surface area (Å²) in [5, 5.41) is 0. The minimum atomic E-state index is -0.181. The molecule has 0 N–H and O–H groups in total. The van der Waals surface area contributed by atoms with Crippen LogP contribution in [0.25, 0.3) is 0 Å². The molecule has 0 aliphatic carbocycles. The number of halogens is 2. The number of rotatable bonds is 14. The molecule has 0 spiro atoms. The van der Waals surface area contributed by atoms with E-state index in [9.17, 15) is 0 Å². The Kier molecular flexibility index (Phi) is 36.8. The molecule has 0 unspecified atom stereocenters. The van der Waals surface area contributed by atoms with E-state index in [1.54, 1.807) is 24.6 Å². The molecule has 0 fully saturated rings. The van der Waals surface area contributed by atoms with Crippen LogP contribution >= 0.6 is 51.8 Å². The third-order valence-electron chi connectivity index (χ3n) is 5.04. The zero-order valence-electron chi connectivity index (χ0n) is 19.4. The number of hydrogen-bond donors (Lipinski definition) is 0. The van der Waals surface area contributed by atoms with E-state index in [-0.39, 0.29) is 13.4 Å². The zero-order chi connectivity index (χ0) is 21.5. The van der Waals surface area contributed by atoms with Crippen LogP contribution in [-0.2, 0) is 13.4 Å². The Labute approximate surface area is 193 Å². The second kappa shape index (κ2) is 28.8. The molecular weight excluding hydrogens is 487 g/mol. The third kappa shape index (κ3) is 25.0. The predicted molar refractivity (Wildman–Crippen MR) is 143 cm³/mol. The summed E-state index contributed by atoms with van der Waals surface area (Å²) in [6, 6.07) is 0. The Hall–Kier alpha value is 2.83. The van der Waals surface area contributed by atoms with Gasteiger partial charge in [-0.1, -0.05) is 55.4 Å². The summed E-state index contributed by atoms with van der Waals surface area (Å²) in [4.78, 5) is 0. The van der Waals surface area contributed by atoms with Gasteiger partial charge in [0.2, 0.25) is 0 Å². The molecule has 0 aromatic rings. The van der Waals surface area contributed by atoms with Crippen molar-refractivity contribution in [2.24, 2.45) is 0 Å². The van der Waals surface area contributed by atoms with Crippen LogP contribution in [0.1, 0.15) is 55.4 Å². The summed E-state index contributed by atoms with van der Waals surface area (Å²) < 4.78 is 0. The maximum atomic E-state index is 4.83. The van der Waals surface area contributed by atoms with Crippen molar-refractivity contribution in [2.75, 3.05) is 73.9 Å². The van der Waals surface area contributed by atoms with E-state index in [4.69, 9.17) is 20.1 Å². The summed E-state index contributed by atoms with van der Waals surface area (Å²) in [5.41, 5.74) is 0. The fourth-order valence-corrected chi connectivity index (χ4v) is 11.6. The van der Waals surface area contributed by atoms with Crippen molar-refractivity contribution in [3.63, 3.8) is 0 Å². The predicted octanol–water partition coefficient (Wildman–Crippen LogP) is 9.44.